The Morgan fingerprint density at radius 1 is 1.47 bits per heavy atom. The van der Waals surface area contributed by atoms with Crippen LogP contribution in [0.5, 0.6) is 0 Å². The molecule has 4 nitrogen and oxygen atoms in total. The van der Waals surface area contributed by atoms with Crippen LogP contribution >= 0.6 is 0 Å². The molecule has 0 aliphatic carbocycles. The average Bonchev–Trinajstić information content (AvgIpc) is 2.71. The summed E-state index contributed by atoms with van der Waals surface area (Å²) in [6, 6.07) is 0.476. The van der Waals surface area contributed by atoms with Gasteiger partial charge in [-0.2, -0.15) is 0 Å². The number of ether oxygens (including phenoxy) is 1. The first kappa shape index (κ1) is 12.4. The largest absolute Gasteiger partial charge is 0.501 e. The van der Waals surface area contributed by atoms with Crippen LogP contribution in [0.2, 0.25) is 0 Å². The first-order valence-electron chi connectivity index (χ1n) is 6.36. The van der Waals surface area contributed by atoms with Crippen molar-refractivity contribution in [1.29, 1.82) is 0 Å². The molecule has 2 aliphatic heterocycles. The van der Waals surface area contributed by atoms with Crippen molar-refractivity contribution >= 4 is 5.91 Å². The maximum atomic E-state index is 12.3. The molecule has 1 saturated heterocycles. The Balaban J connectivity index is 2.00. The van der Waals surface area contributed by atoms with Gasteiger partial charge in [0.15, 0.2) is 0 Å². The molecule has 17 heavy (non-hydrogen) atoms. The molecule has 0 aromatic heterocycles. The van der Waals surface area contributed by atoms with Gasteiger partial charge in [0.25, 0.3) is 5.91 Å². The average molecular weight is 238 g/mol. The molecule has 0 aromatic rings. The van der Waals surface area contributed by atoms with Gasteiger partial charge >= 0.3 is 0 Å². The van der Waals surface area contributed by atoms with Gasteiger partial charge in [-0.15, -0.1) is 0 Å². The molecule has 0 radical (unpaired) electrons. The molecule has 2 atom stereocenters. The number of nitrogens with zero attached hydrogens (tertiary/aromatic N) is 2. The lowest BCUT2D eigenvalue weighted by Crippen LogP contribution is -2.36. The summed E-state index contributed by atoms with van der Waals surface area (Å²) in [4.78, 5) is 16.5. The van der Waals surface area contributed by atoms with Crippen LogP contribution < -0.4 is 0 Å². The van der Waals surface area contributed by atoms with Gasteiger partial charge in [-0.25, -0.2) is 0 Å². The van der Waals surface area contributed by atoms with Gasteiger partial charge in [-0.3, -0.25) is 4.79 Å². The fourth-order valence-electron chi connectivity index (χ4n) is 2.71. The summed E-state index contributed by atoms with van der Waals surface area (Å²) in [6.45, 7) is 4.65. The van der Waals surface area contributed by atoms with Crippen molar-refractivity contribution in [2.75, 3.05) is 33.8 Å². The lowest BCUT2D eigenvalue weighted by molar-refractivity contribution is -0.126. The fourth-order valence-corrected chi connectivity index (χ4v) is 2.71. The molecular weight excluding hydrogens is 216 g/mol. The van der Waals surface area contributed by atoms with Crippen LogP contribution in [0.3, 0.4) is 0 Å². The molecule has 0 saturated carbocycles. The molecule has 0 spiro atoms. The number of likely N-dealkylation sites (N-methyl/N-ethyl adjacent to an activating group) is 1. The third-order valence-corrected chi connectivity index (χ3v) is 3.73. The van der Waals surface area contributed by atoms with Crippen molar-refractivity contribution in [3.63, 3.8) is 0 Å². The van der Waals surface area contributed by atoms with Crippen molar-refractivity contribution < 1.29 is 9.53 Å². The Morgan fingerprint density at radius 2 is 2.24 bits per heavy atom. The normalized spacial score (nSPS) is 29.2. The molecule has 0 N–H and O–H groups in total. The van der Waals surface area contributed by atoms with Crippen molar-refractivity contribution in [2.45, 2.75) is 25.8 Å². The molecular formula is C13H22N2O2. The van der Waals surface area contributed by atoms with Gasteiger partial charge < -0.3 is 14.5 Å². The van der Waals surface area contributed by atoms with Gasteiger partial charge in [-0.1, -0.05) is 6.92 Å². The van der Waals surface area contributed by atoms with E-state index in [0.29, 0.717) is 12.0 Å². The van der Waals surface area contributed by atoms with Crippen LogP contribution in [0.4, 0.5) is 0 Å². The van der Waals surface area contributed by atoms with E-state index in [0.717, 1.165) is 38.1 Å². The summed E-state index contributed by atoms with van der Waals surface area (Å²) in [7, 11) is 4.16. The van der Waals surface area contributed by atoms with E-state index < -0.39 is 0 Å². The molecule has 0 bridgehead atoms. The van der Waals surface area contributed by atoms with Gasteiger partial charge in [0, 0.05) is 19.1 Å². The smallest absolute Gasteiger partial charge is 0.252 e. The molecule has 4 heteroatoms. The zero-order chi connectivity index (χ0) is 12.4. The Bertz CT molecular complexity index is 325. The van der Waals surface area contributed by atoms with Crippen LogP contribution in [-0.4, -0.2) is 55.5 Å². The van der Waals surface area contributed by atoms with Crippen LogP contribution in [0.15, 0.2) is 11.8 Å². The standard InChI is InChI=1S/C13H22N2O2/c1-10-7-15(8-12(10)14(2)3)13(16)11-5-4-6-17-9-11/h9-10,12H,4-8H2,1-3H3. The van der Waals surface area contributed by atoms with Gasteiger partial charge in [-0.05, 0) is 32.9 Å². The summed E-state index contributed by atoms with van der Waals surface area (Å²) >= 11 is 0. The summed E-state index contributed by atoms with van der Waals surface area (Å²) in [5.74, 6) is 0.708. The number of carbonyl (C=O) groups excluding carboxylic acids is 1. The van der Waals surface area contributed by atoms with Crippen LogP contribution in [-0.2, 0) is 9.53 Å². The molecule has 1 fully saturated rings. The molecule has 2 heterocycles. The molecule has 0 aromatic carbocycles. The van der Waals surface area contributed by atoms with Crippen molar-refractivity contribution in [1.82, 2.24) is 9.80 Å². The number of hydrogen-bond acceptors (Lipinski definition) is 3. The first-order chi connectivity index (χ1) is 8.09. The topological polar surface area (TPSA) is 32.8 Å². The quantitative estimate of drug-likeness (QED) is 0.722. The highest BCUT2D eigenvalue weighted by molar-refractivity contribution is 5.93. The summed E-state index contributed by atoms with van der Waals surface area (Å²) in [5, 5.41) is 0. The van der Waals surface area contributed by atoms with E-state index in [-0.39, 0.29) is 5.91 Å². The predicted octanol–water partition coefficient (Wildman–Crippen LogP) is 1.09. The number of amides is 1. The van der Waals surface area contributed by atoms with Gasteiger partial charge in [0.2, 0.25) is 0 Å². The lowest BCUT2D eigenvalue weighted by Gasteiger charge is -2.23. The number of rotatable bonds is 2. The summed E-state index contributed by atoms with van der Waals surface area (Å²) in [5.41, 5.74) is 0.836. The maximum absolute atomic E-state index is 12.3. The second kappa shape index (κ2) is 5.08. The number of hydrogen-bond donors (Lipinski definition) is 0. The lowest BCUT2D eigenvalue weighted by atomic mass is 10.1. The van der Waals surface area contributed by atoms with E-state index in [1.54, 1.807) is 6.26 Å². The van der Waals surface area contributed by atoms with Gasteiger partial charge in [0.1, 0.15) is 0 Å². The molecule has 2 aliphatic rings. The Kier molecular flexibility index (Phi) is 3.72. The van der Waals surface area contributed by atoms with Crippen molar-refractivity contribution in [3.8, 4) is 0 Å². The third kappa shape index (κ3) is 2.63. The molecule has 2 unspecified atom stereocenters. The van der Waals surface area contributed by atoms with Crippen molar-refractivity contribution in [3.05, 3.63) is 11.8 Å². The van der Waals surface area contributed by atoms with E-state index in [2.05, 4.69) is 25.9 Å². The number of carbonyl (C=O) groups is 1. The van der Waals surface area contributed by atoms with E-state index in [1.165, 1.54) is 0 Å². The van der Waals surface area contributed by atoms with Crippen molar-refractivity contribution in [2.24, 2.45) is 5.92 Å². The summed E-state index contributed by atoms with van der Waals surface area (Å²) < 4.78 is 5.24. The second-order valence-corrected chi connectivity index (χ2v) is 5.34. The fraction of sp³-hybridized carbons (Fsp3) is 0.769. The molecule has 96 valence electrons. The SMILES string of the molecule is CC1CN(C(=O)C2=COCCC2)CC1N(C)C. The van der Waals surface area contributed by atoms with Crippen LogP contribution in [0, 0.1) is 5.92 Å². The predicted molar refractivity (Wildman–Crippen MR) is 66.5 cm³/mol. The van der Waals surface area contributed by atoms with E-state index in [9.17, 15) is 4.79 Å². The Morgan fingerprint density at radius 3 is 2.76 bits per heavy atom. The molecule has 2 rings (SSSR count). The Hall–Kier alpha value is -1.03. The highest BCUT2D eigenvalue weighted by Gasteiger charge is 2.34. The van der Waals surface area contributed by atoms with E-state index in [4.69, 9.17) is 4.74 Å². The molecule has 1 amide bonds. The minimum atomic E-state index is 0.168. The maximum Gasteiger partial charge on any atom is 0.252 e. The zero-order valence-electron chi connectivity index (χ0n) is 11.0. The van der Waals surface area contributed by atoms with Gasteiger partial charge in [0.05, 0.1) is 18.4 Å². The number of likely N-dealkylation sites (tertiary alicyclic amines) is 1. The van der Waals surface area contributed by atoms with Crippen LogP contribution in [0.25, 0.3) is 0 Å². The second-order valence-electron chi connectivity index (χ2n) is 5.34. The monoisotopic (exact) mass is 238 g/mol. The highest BCUT2D eigenvalue weighted by atomic mass is 16.5. The summed E-state index contributed by atoms with van der Waals surface area (Å²) in [6.07, 6.45) is 3.47. The minimum absolute atomic E-state index is 0.168. The Labute approximate surface area is 103 Å². The van der Waals surface area contributed by atoms with E-state index in [1.807, 2.05) is 4.90 Å². The minimum Gasteiger partial charge on any atom is -0.501 e. The highest BCUT2D eigenvalue weighted by Crippen LogP contribution is 2.23. The van der Waals surface area contributed by atoms with Crippen LogP contribution in [0.1, 0.15) is 19.8 Å². The zero-order valence-corrected chi connectivity index (χ0v) is 11.0. The first-order valence-corrected chi connectivity index (χ1v) is 6.36. The third-order valence-electron chi connectivity index (χ3n) is 3.73. The van der Waals surface area contributed by atoms with E-state index >= 15 is 0 Å².